The molecule has 3 rings (SSSR count). The Bertz CT molecular complexity index is 874. The van der Waals surface area contributed by atoms with Crippen LogP contribution in [0.1, 0.15) is 42.3 Å². The molecule has 0 aliphatic heterocycles. The number of H-pyrrole nitrogens is 1. The van der Waals surface area contributed by atoms with Gasteiger partial charge in [-0.1, -0.05) is 68.4 Å². The molecule has 1 heterocycles. The number of nitrogens with one attached hydrogen (secondary N) is 1. The normalized spacial score (nSPS) is 11.5. The fourth-order valence-electron chi connectivity index (χ4n) is 2.43. The van der Waals surface area contributed by atoms with Gasteiger partial charge in [0, 0.05) is 6.42 Å². The van der Waals surface area contributed by atoms with Crippen LogP contribution in [0.2, 0.25) is 0 Å². The van der Waals surface area contributed by atoms with E-state index in [1.807, 2.05) is 24.4 Å². The monoisotopic (exact) mass is 336 g/mol. The maximum Gasteiger partial charge on any atom is 0.216 e. The molecular formula is C19H20N4S. The molecule has 2 aromatic carbocycles. The van der Waals surface area contributed by atoms with Crippen LogP contribution >= 0.6 is 12.2 Å². The van der Waals surface area contributed by atoms with Crippen LogP contribution in [-0.4, -0.2) is 21.1 Å². The van der Waals surface area contributed by atoms with Gasteiger partial charge >= 0.3 is 0 Å². The third-order valence-corrected chi connectivity index (χ3v) is 4.11. The molecule has 0 aliphatic carbocycles. The number of hydrogen-bond acceptors (Lipinski definition) is 3. The van der Waals surface area contributed by atoms with Crippen LogP contribution in [0.25, 0.3) is 0 Å². The quantitative estimate of drug-likeness (QED) is 0.549. The minimum atomic E-state index is 0.496. The molecular weight excluding hydrogens is 316 g/mol. The van der Waals surface area contributed by atoms with Crippen molar-refractivity contribution >= 4 is 18.4 Å². The standard InChI is InChI=1S/C19H20N4S/c1-14(2)17-10-8-16(9-11-17)13-20-23-18(21-22-19(23)24)12-15-6-4-3-5-7-15/h3-11,13-14H,12H2,1-2H3,(H,22,24)/b20-13-. The predicted octanol–water partition coefficient (Wildman–Crippen LogP) is 4.54. The summed E-state index contributed by atoms with van der Waals surface area (Å²) in [5.41, 5.74) is 3.52. The summed E-state index contributed by atoms with van der Waals surface area (Å²) in [4.78, 5) is 0. The molecule has 0 saturated heterocycles. The number of nitrogens with zero attached hydrogens (tertiary/aromatic N) is 3. The van der Waals surface area contributed by atoms with Crippen molar-refractivity contribution in [3.05, 3.63) is 81.9 Å². The van der Waals surface area contributed by atoms with E-state index in [1.165, 1.54) is 11.1 Å². The van der Waals surface area contributed by atoms with Crippen LogP contribution in [0.4, 0.5) is 0 Å². The Morgan fingerprint density at radius 2 is 1.83 bits per heavy atom. The van der Waals surface area contributed by atoms with E-state index in [-0.39, 0.29) is 0 Å². The van der Waals surface area contributed by atoms with Gasteiger partial charge in [-0.3, -0.25) is 5.10 Å². The van der Waals surface area contributed by atoms with Gasteiger partial charge in [-0.25, -0.2) is 0 Å². The van der Waals surface area contributed by atoms with Crippen molar-refractivity contribution in [2.45, 2.75) is 26.2 Å². The van der Waals surface area contributed by atoms with Gasteiger partial charge in [-0.2, -0.15) is 14.9 Å². The molecule has 5 heteroatoms. The van der Waals surface area contributed by atoms with Crippen molar-refractivity contribution in [3.63, 3.8) is 0 Å². The first-order valence-electron chi connectivity index (χ1n) is 7.98. The summed E-state index contributed by atoms with van der Waals surface area (Å²) in [5, 5.41) is 11.6. The number of aromatic amines is 1. The lowest BCUT2D eigenvalue weighted by Crippen LogP contribution is -2.00. The highest BCUT2D eigenvalue weighted by Crippen LogP contribution is 2.14. The molecule has 0 unspecified atom stereocenters. The van der Waals surface area contributed by atoms with Crippen LogP contribution in [0.5, 0.6) is 0 Å². The van der Waals surface area contributed by atoms with Crippen LogP contribution < -0.4 is 0 Å². The highest BCUT2D eigenvalue weighted by Gasteiger charge is 2.06. The molecule has 0 spiro atoms. The first-order chi connectivity index (χ1) is 11.6. The Kier molecular flexibility index (Phi) is 5.01. The maximum absolute atomic E-state index is 5.29. The van der Waals surface area contributed by atoms with Crippen LogP contribution in [0.3, 0.4) is 0 Å². The molecule has 1 aromatic heterocycles. The number of aromatic nitrogens is 3. The second kappa shape index (κ2) is 7.36. The summed E-state index contributed by atoms with van der Waals surface area (Å²) in [6, 6.07) is 18.6. The molecule has 0 fully saturated rings. The zero-order valence-electron chi connectivity index (χ0n) is 13.8. The van der Waals surface area contributed by atoms with E-state index in [4.69, 9.17) is 12.2 Å². The summed E-state index contributed by atoms with van der Waals surface area (Å²) in [6.45, 7) is 4.37. The van der Waals surface area contributed by atoms with Gasteiger partial charge in [-0.05, 0) is 34.8 Å². The van der Waals surface area contributed by atoms with Gasteiger partial charge in [0.1, 0.15) is 0 Å². The van der Waals surface area contributed by atoms with Gasteiger partial charge in [0.25, 0.3) is 0 Å². The molecule has 3 aromatic rings. The van der Waals surface area contributed by atoms with E-state index in [1.54, 1.807) is 4.68 Å². The summed E-state index contributed by atoms with van der Waals surface area (Å²) in [6.07, 6.45) is 2.49. The van der Waals surface area contributed by atoms with Crippen molar-refractivity contribution < 1.29 is 0 Å². The van der Waals surface area contributed by atoms with Gasteiger partial charge in [0.15, 0.2) is 5.82 Å². The first kappa shape index (κ1) is 16.3. The fraction of sp³-hybridized carbons (Fsp3) is 0.211. The van der Waals surface area contributed by atoms with E-state index in [0.29, 0.717) is 17.1 Å². The Morgan fingerprint density at radius 1 is 1.12 bits per heavy atom. The minimum Gasteiger partial charge on any atom is -0.250 e. The molecule has 0 aliphatic rings. The van der Waals surface area contributed by atoms with Gasteiger partial charge in [0.2, 0.25) is 4.77 Å². The predicted molar refractivity (Wildman–Crippen MR) is 100 cm³/mol. The molecule has 0 atom stereocenters. The van der Waals surface area contributed by atoms with Gasteiger partial charge < -0.3 is 0 Å². The molecule has 0 amide bonds. The Labute approximate surface area is 146 Å². The third kappa shape index (κ3) is 3.86. The van der Waals surface area contributed by atoms with Crippen molar-refractivity contribution in [1.29, 1.82) is 0 Å². The topological polar surface area (TPSA) is 46.0 Å². The van der Waals surface area contributed by atoms with E-state index in [0.717, 1.165) is 11.4 Å². The van der Waals surface area contributed by atoms with Crippen molar-refractivity contribution in [1.82, 2.24) is 14.9 Å². The zero-order chi connectivity index (χ0) is 16.9. The molecule has 122 valence electrons. The largest absolute Gasteiger partial charge is 0.250 e. The lowest BCUT2D eigenvalue weighted by atomic mass is 10.0. The van der Waals surface area contributed by atoms with Gasteiger partial charge in [0.05, 0.1) is 6.21 Å². The lowest BCUT2D eigenvalue weighted by Gasteiger charge is -2.04. The Hall–Kier alpha value is -2.53. The smallest absolute Gasteiger partial charge is 0.216 e. The molecule has 0 bridgehead atoms. The fourth-order valence-corrected chi connectivity index (χ4v) is 2.63. The second-order valence-electron chi connectivity index (χ2n) is 5.99. The summed E-state index contributed by atoms with van der Waals surface area (Å²) in [7, 11) is 0. The minimum absolute atomic E-state index is 0.496. The Balaban J connectivity index is 1.82. The summed E-state index contributed by atoms with van der Waals surface area (Å²) in [5.74, 6) is 1.32. The molecule has 0 saturated carbocycles. The van der Waals surface area contributed by atoms with Crippen molar-refractivity contribution in [2.75, 3.05) is 0 Å². The maximum atomic E-state index is 5.29. The molecule has 24 heavy (non-hydrogen) atoms. The van der Waals surface area contributed by atoms with Crippen LogP contribution in [-0.2, 0) is 6.42 Å². The molecule has 0 radical (unpaired) electrons. The number of hydrogen-bond donors (Lipinski definition) is 1. The number of rotatable bonds is 5. The average molecular weight is 336 g/mol. The van der Waals surface area contributed by atoms with E-state index in [2.05, 4.69) is 65.5 Å². The van der Waals surface area contributed by atoms with Gasteiger partial charge in [-0.15, -0.1) is 0 Å². The van der Waals surface area contributed by atoms with E-state index >= 15 is 0 Å². The SMILES string of the molecule is CC(C)c1ccc(/C=N\n2c(Cc3ccccc3)n[nH]c2=S)cc1. The summed E-state index contributed by atoms with van der Waals surface area (Å²) >= 11 is 5.29. The number of benzene rings is 2. The lowest BCUT2D eigenvalue weighted by molar-refractivity contribution is 0.792. The van der Waals surface area contributed by atoms with E-state index < -0.39 is 0 Å². The summed E-state index contributed by atoms with van der Waals surface area (Å²) < 4.78 is 2.18. The molecule has 4 nitrogen and oxygen atoms in total. The first-order valence-corrected chi connectivity index (χ1v) is 8.39. The third-order valence-electron chi connectivity index (χ3n) is 3.85. The van der Waals surface area contributed by atoms with Crippen LogP contribution in [0.15, 0.2) is 59.7 Å². The van der Waals surface area contributed by atoms with E-state index in [9.17, 15) is 0 Å². The zero-order valence-corrected chi connectivity index (χ0v) is 14.6. The van der Waals surface area contributed by atoms with Crippen molar-refractivity contribution in [2.24, 2.45) is 5.10 Å². The second-order valence-corrected chi connectivity index (χ2v) is 6.37. The average Bonchev–Trinajstić information content (AvgIpc) is 2.94. The Morgan fingerprint density at radius 3 is 2.50 bits per heavy atom. The van der Waals surface area contributed by atoms with Crippen molar-refractivity contribution in [3.8, 4) is 0 Å². The molecule has 1 N–H and O–H groups in total. The van der Waals surface area contributed by atoms with Crippen LogP contribution in [0, 0.1) is 4.77 Å². The highest BCUT2D eigenvalue weighted by molar-refractivity contribution is 7.71. The highest BCUT2D eigenvalue weighted by atomic mass is 32.1.